The highest BCUT2D eigenvalue weighted by Crippen LogP contribution is 2.19. The van der Waals surface area contributed by atoms with Crippen LogP contribution in [0.5, 0.6) is 0 Å². The van der Waals surface area contributed by atoms with Gasteiger partial charge >= 0.3 is 6.09 Å². The SMILES string of the molecule is CCNC(=NCC1CCN(C(=O)OC(C)(C)C)CC1)NCCCCOCC. The lowest BCUT2D eigenvalue weighted by Crippen LogP contribution is -2.42. The number of hydrogen-bond acceptors (Lipinski definition) is 4. The number of rotatable bonds is 9. The summed E-state index contributed by atoms with van der Waals surface area (Å²) in [4.78, 5) is 18.7. The Morgan fingerprint density at radius 1 is 1.15 bits per heavy atom. The van der Waals surface area contributed by atoms with Crippen molar-refractivity contribution in [2.45, 2.75) is 65.9 Å². The van der Waals surface area contributed by atoms with Crippen molar-refractivity contribution >= 4 is 12.1 Å². The molecule has 1 heterocycles. The third-order valence-electron chi connectivity index (χ3n) is 4.33. The first-order valence-corrected chi connectivity index (χ1v) is 10.4. The lowest BCUT2D eigenvalue weighted by Gasteiger charge is -2.33. The van der Waals surface area contributed by atoms with Gasteiger partial charge < -0.3 is 25.0 Å². The molecule has 0 saturated carbocycles. The predicted octanol–water partition coefficient (Wildman–Crippen LogP) is 3.01. The summed E-state index contributed by atoms with van der Waals surface area (Å²) >= 11 is 0. The Hall–Kier alpha value is -1.50. The maximum atomic E-state index is 12.1. The van der Waals surface area contributed by atoms with Gasteiger partial charge in [-0.1, -0.05) is 0 Å². The van der Waals surface area contributed by atoms with Crippen molar-refractivity contribution in [2.24, 2.45) is 10.9 Å². The number of carbonyl (C=O) groups excluding carboxylic acids is 1. The summed E-state index contributed by atoms with van der Waals surface area (Å²) in [5.74, 6) is 1.39. The zero-order valence-corrected chi connectivity index (χ0v) is 18.0. The van der Waals surface area contributed by atoms with Crippen LogP contribution < -0.4 is 10.6 Å². The number of amides is 1. The van der Waals surface area contributed by atoms with E-state index in [0.717, 1.165) is 77.6 Å². The molecule has 1 saturated heterocycles. The number of nitrogens with zero attached hydrogens (tertiary/aromatic N) is 2. The van der Waals surface area contributed by atoms with E-state index in [1.165, 1.54) is 0 Å². The number of carbonyl (C=O) groups is 1. The molecule has 0 aromatic heterocycles. The maximum Gasteiger partial charge on any atom is 0.410 e. The van der Waals surface area contributed by atoms with E-state index in [1.54, 1.807) is 0 Å². The van der Waals surface area contributed by atoms with Gasteiger partial charge in [0.2, 0.25) is 0 Å². The van der Waals surface area contributed by atoms with E-state index >= 15 is 0 Å². The highest BCUT2D eigenvalue weighted by molar-refractivity contribution is 5.79. The molecule has 1 amide bonds. The number of unbranched alkanes of at least 4 members (excludes halogenated alkanes) is 1. The summed E-state index contributed by atoms with van der Waals surface area (Å²) in [6.07, 6.45) is 3.86. The van der Waals surface area contributed by atoms with Crippen molar-refractivity contribution in [1.29, 1.82) is 0 Å². The van der Waals surface area contributed by atoms with E-state index in [4.69, 9.17) is 14.5 Å². The average Bonchev–Trinajstić information content (AvgIpc) is 2.61. The maximum absolute atomic E-state index is 12.1. The lowest BCUT2D eigenvalue weighted by atomic mass is 9.97. The Morgan fingerprint density at radius 3 is 2.44 bits per heavy atom. The molecule has 1 aliphatic heterocycles. The van der Waals surface area contributed by atoms with Gasteiger partial charge in [-0.2, -0.15) is 0 Å². The molecule has 158 valence electrons. The topological polar surface area (TPSA) is 75.2 Å². The molecule has 1 rings (SSSR count). The van der Waals surface area contributed by atoms with Crippen LogP contribution in [0.25, 0.3) is 0 Å². The minimum atomic E-state index is -0.437. The van der Waals surface area contributed by atoms with Crippen molar-refractivity contribution in [3.05, 3.63) is 0 Å². The minimum Gasteiger partial charge on any atom is -0.444 e. The van der Waals surface area contributed by atoms with Crippen LogP contribution >= 0.6 is 0 Å². The molecule has 0 aromatic carbocycles. The number of likely N-dealkylation sites (tertiary alicyclic amines) is 1. The van der Waals surface area contributed by atoms with Crippen molar-refractivity contribution < 1.29 is 14.3 Å². The second kappa shape index (κ2) is 12.8. The Balaban J connectivity index is 2.31. The predicted molar refractivity (Wildman–Crippen MR) is 110 cm³/mol. The summed E-state index contributed by atoms with van der Waals surface area (Å²) in [6.45, 7) is 15.4. The third-order valence-corrected chi connectivity index (χ3v) is 4.33. The molecule has 7 nitrogen and oxygen atoms in total. The molecule has 1 aliphatic rings. The van der Waals surface area contributed by atoms with E-state index in [1.807, 2.05) is 32.6 Å². The minimum absolute atomic E-state index is 0.202. The van der Waals surface area contributed by atoms with Gasteiger partial charge in [0.1, 0.15) is 5.60 Å². The highest BCUT2D eigenvalue weighted by atomic mass is 16.6. The van der Waals surface area contributed by atoms with Gasteiger partial charge in [-0.25, -0.2) is 4.79 Å². The molecule has 0 radical (unpaired) electrons. The molecule has 0 aliphatic carbocycles. The first kappa shape index (κ1) is 23.5. The number of piperidine rings is 1. The Morgan fingerprint density at radius 2 is 1.85 bits per heavy atom. The van der Waals surface area contributed by atoms with Crippen LogP contribution in [0, 0.1) is 5.92 Å². The fraction of sp³-hybridized carbons (Fsp3) is 0.900. The Bertz CT molecular complexity index is 441. The van der Waals surface area contributed by atoms with Gasteiger partial charge in [0.05, 0.1) is 0 Å². The molecular weight excluding hydrogens is 344 g/mol. The van der Waals surface area contributed by atoms with Crippen LogP contribution in [0.4, 0.5) is 4.79 Å². The molecule has 0 aromatic rings. The Kier molecular flexibility index (Phi) is 11.2. The molecule has 7 heteroatoms. The summed E-state index contributed by atoms with van der Waals surface area (Å²) in [5, 5.41) is 6.69. The van der Waals surface area contributed by atoms with Gasteiger partial charge in [-0.3, -0.25) is 4.99 Å². The molecule has 0 spiro atoms. The molecular formula is C20H40N4O3. The van der Waals surface area contributed by atoms with E-state index in [-0.39, 0.29) is 6.09 Å². The largest absolute Gasteiger partial charge is 0.444 e. The van der Waals surface area contributed by atoms with Crippen molar-refractivity contribution in [1.82, 2.24) is 15.5 Å². The van der Waals surface area contributed by atoms with Crippen LogP contribution in [-0.2, 0) is 9.47 Å². The van der Waals surface area contributed by atoms with E-state index < -0.39 is 5.60 Å². The fourth-order valence-electron chi connectivity index (χ4n) is 2.87. The lowest BCUT2D eigenvalue weighted by molar-refractivity contribution is 0.0187. The van der Waals surface area contributed by atoms with E-state index in [9.17, 15) is 4.79 Å². The standard InChI is InChI=1S/C20H40N4O3/c1-6-21-18(22-12-8-9-15-26-7-2)23-16-17-10-13-24(14-11-17)19(25)27-20(3,4)5/h17H,6-16H2,1-5H3,(H2,21,22,23). The second-order valence-corrected chi connectivity index (χ2v) is 7.96. The van der Waals surface area contributed by atoms with Crippen LogP contribution in [0.15, 0.2) is 4.99 Å². The smallest absolute Gasteiger partial charge is 0.410 e. The summed E-state index contributed by atoms with van der Waals surface area (Å²) < 4.78 is 10.8. The van der Waals surface area contributed by atoms with Crippen LogP contribution in [-0.4, -0.2) is 68.5 Å². The van der Waals surface area contributed by atoms with Gasteiger partial charge in [-0.15, -0.1) is 0 Å². The number of guanidine groups is 1. The average molecular weight is 385 g/mol. The normalized spacial score (nSPS) is 16.3. The summed E-state index contributed by atoms with van der Waals surface area (Å²) in [7, 11) is 0. The van der Waals surface area contributed by atoms with Crippen LogP contribution in [0.1, 0.15) is 60.3 Å². The molecule has 2 N–H and O–H groups in total. The third kappa shape index (κ3) is 11.1. The van der Waals surface area contributed by atoms with Gasteiger partial charge in [0.25, 0.3) is 0 Å². The van der Waals surface area contributed by atoms with Gasteiger partial charge in [0.15, 0.2) is 5.96 Å². The zero-order chi connectivity index (χ0) is 20.1. The molecule has 1 fully saturated rings. The van der Waals surface area contributed by atoms with Crippen molar-refractivity contribution in [2.75, 3.05) is 45.9 Å². The van der Waals surface area contributed by atoms with E-state index in [2.05, 4.69) is 17.6 Å². The first-order valence-electron chi connectivity index (χ1n) is 10.4. The monoisotopic (exact) mass is 384 g/mol. The van der Waals surface area contributed by atoms with Gasteiger partial charge in [0, 0.05) is 45.9 Å². The van der Waals surface area contributed by atoms with E-state index in [0.29, 0.717) is 5.92 Å². The second-order valence-electron chi connectivity index (χ2n) is 7.96. The van der Waals surface area contributed by atoms with Crippen LogP contribution in [0.2, 0.25) is 0 Å². The Labute approximate surface area is 165 Å². The molecule has 0 atom stereocenters. The van der Waals surface area contributed by atoms with Gasteiger partial charge in [-0.05, 0) is 66.2 Å². The number of hydrogen-bond donors (Lipinski definition) is 2. The molecule has 0 bridgehead atoms. The molecule has 0 unspecified atom stereocenters. The zero-order valence-electron chi connectivity index (χ0n) is 18.0. The highest BCUT2D eigenvalue weighted by Gasteiger charge is 2.26. The quantitative estimate of drug-likeness (QED) is 0.363. The summed E-state index contributed by atoms with van der Waals surface area (Å²) in [5.41, 5.74) is -0.437. The van der Waals surface area contributed by atoms with Crippen LogP contribution in [0.3, 0.4) is 0 Å². The first-order chi connectivity index (χ1) is 12.9. The number of nitrogens with one attached hydrogen (secondary N) is 2. The molecule has 27 heavy (non-hydrogen) atoms. The summed E-state index contributed by atoms with van der Waals surface area (Å²) in [6, 6.07) is 0. The van der Waals surface area contributed by atoms with Crippen molar-refractivity contribution in [3.8, 4) is 0 Å². The number of aliphatic imine (C=N–C) groups is 1. The van der Waals surface area contributed by atoms with Crippen molar-refractivity contribution in [3.63, 3.8) is 0 Å². The number of ether oxygens (including phenoxy) is 2. The fourth-order valence-corrected chi connectivity index (χ4v) is 2.87.